The smallest absolute Gasteiger partial charge is 0.150 e. The minimum absolute atomic E-state index is 0.215. The van der Waals surface area contributed by atoms with Crippen LogP contribution in [0.15, 0.2) is 27.9 Å². The first-order valence-corrected chi connectivity index (χ1v) is 7.08. The van der Waals surface area contributed by atoms with Crippen molar-refractivity contribution >= 4 is 23.1 Å². The maximum Gasteiger partial charge on any atom is 0.150 e. The van der Waals surface area contributed by atoms with Crippen molar-refractivity contribution in [3.63, 3.8) is 0 Å². The number of benzene rings is 1. The van der Waals surface area contributed by atoms with Crippen molar-refractivity contribution < 1.29 is 4.39 Å². The number of nitrogens with two attached hydrogens (primary N) is 1. The molecule has 17 heavy (non-hydrogen) atoms. The lowest BCUT2D eigenvalue weighted by Gasteiger charge is -2.06. The summed E-state index contributed by atoms with van der Waals surface area (Å²) in [6.45, 7) is 2.40. The van der Waals surface area contributed by atoms with Gasteiger partial charge in [-0.05, 0) is 30.2 Å². The summed E-state index contributed by atoms with van der Waals surface area (Å²) in [4.78, 5) is 4.36. The number of hydrogen-bond donors (Lipinski definition) is 1. The first-order chi connectivity index (χ1) is 8.19. The zero-order valence-electron chi connectivity index (χ0n) is 9.44. The molecule has 1 aromatic carbocycles. The van der Waals surface area contributed by atoms with Gasteiger partial charge in [-0.15, -0.1) is 11.3 Å². The summed E-state index contributed by atoms with van der Waals surface area (Å²) < 4.78 is 14.2. The highest BCUT2D eigenvalue weighted by molar-refractivity contribution is 8.00. The summed E-state index contributed by atoms with van der Waals surface area (Å²) in [6.07, 6.45) is 0. The first kappa shape index (κ1) is 12.5. The van der Waals surface area contributed by atoms with E-state index < -0.39 is 0 Å². The molecule has 0 amide bonds. The van der Waals surface area contributed by atoms with Crippen molar-refractivity contribution in [1.29, 1.82) is 0 Å². The number of thioether (sulfide) groups is 1. The molecule has 0 fully saturated rings. The third-order valence-electron chi connectivity index (χ3n) is 2.34. The van der Waals surface area contributed by atoms with Gasteiger partial charge in [0.1, 0.15) is 10.2 Å². The normalized spacial score (nSPS) is 10.8. The van der Waals surface area contributed by atoms with E-state index >= 15 is 0 Å². The molecule has 2 rings (SSSR count). The second kappa shape index (κ2) is 5.62. The van der Waals surface area contributed by atoms with Crippen LogP contribution in [0.5, 0.6) is 0 Å². The molecular weight excluding hydrogens is 255 g/mol. The van der Waals surface area contributed by atoms with Gasteiger partial charge in [0.15, 0.2) is 0 Å². The quantitative estimate of drug-likeness (QED) is 0.864. The molecule has 0 saturated heterocycles. The van der Waals surface area contributed by atoms with Gasteiger partial charge < -0.3 is 5.73 Å². The minimum Gasteiger partial charge on any atom is -0.326 e. The monoisotopic (exact) mass is 268 g/mol. The topological polar surface area (TPSA) is 38.9 Å². The number of aryl methyl sites for hydroxylation is 1. The fourth-order valence-corrected chi connectivity index (χ4v) is 3.34. The molecule has 0 unspecified atom stereocenters. The molecule has 0 radical (unpaired) electrons. The lowest BCUT2D eigenvalue weighted by Crippen LogP contribution is -2.01. The average Bonchev–Trinajstić information content (AvgIpc) is 2.73. The van der Waals surface area contributed by atoms with E-state index in [0.717, 1.165) is 21.2 Å². The van der Waals surface area contributed by atoms with E-state index in [1.54, 1.807) is 35.2 Å². The lowest BCUT2D eigenvalue weighted by molar-refractivity contribution is 0.625. The SMILES string of the molecule is Cc1csc(SCc2cc(F)ccc2CN)n1. The third-order valence-corrected chi connectivity index (χ3v) is 4.53. The number of nitrogens with zero attached hydrogens (tertiary/aromatic N) is 1. The Morgan fingerprint density at radius 2 is 2.24 bits per heavy atom. The molecule has 1 aromatic heterocycles. The van der Waals surface area contributed by atoms with Crippen LogP contribution in [0.1, 0.15) is 16.8 Å². The molecule has 0 spiro atoms. The Morgan fingerprint density at radius 1 is 1.41 bits per heavy atom. The van der Waals surface area contributed by atoms with Crippen LogP contribution >= 0.6 is 23.1 Å². The van der Waals surface area contributed by atoms with Gasteiger partial charge >= 0.3 is 0 Å². The number of halogens is 1. The molecule has 2 N–H and O–H groups in total. The van der Waals surface area contributed by atoms with Crippen molar-refractivity contribution in [2.45, 2.75) is 23.6 Å². The fraction of sp³-hybridized carbons (Fsp3) is 0.250. The van der Waals surface area contributed by atoms with Gasteiger partial charge in [0.25, 0.3) is 0 Å². The number of aromatic nitrogens is 1. The van der Waals surface area contributed by atoms with Crippen LogP contribution in [0.3, 0.4) is 0 Å². The molecule has 0 aliphatic carbocycles. The van der Waals surface area contributed by atoms with Crippen LogP contribution in [0.4, 0.5) is 4.39 Å². The highest BCUT2D eigenvalue weighted by atomic mass is 32.2. The highest BCUT2D eigenvalue weighted by Crippen LogP contribution is 2.27. The van der Waals surface area contributed by atoms with Crippen LogP contribution in [0.25, 0.3) is 0 Å². The Morgan fingerprint density at radius 3 is 2.88 bits per heavy atom. The number of hydrogen-bond acceptors (Lipinski definition) is 4. The molecule has 1 heterocycles. The Bertz CT molecular complexity index is 511. The van der Waals surface area contributed by atoms with Gasteiger partial charge in [0, 0.05) is 23.4 Å². The summed E-state index contributed by atoms with van der Waals surface area (Å²) in [5.41, 5.74) is 8.60. The van der Waals surface area contributed by atoms with Crippen molar-refractivity contribution in [2.24, 2.45) is 5.73 Å². The Labute approximate surface area is 108 Å². The number of rotatable bonds is 4. The second-order valence-corrected chi connectivity index (χ2v) is 5.74. The molecule has 90 valence electrons. The molecule has 5 heteroatoms. The van der Waals surface area contributed by atoms with Crippen LogP contribution in [0.2, 0.25) is 0 Å². The minimum atomic E-state index is -0.215. The zero-order valence-corrected chi connectivity index (χ0v) is 11.1. The maximum absolute atomic E-state index is 13.2. The molecule has 0 aliphatic rings. The molecule has 0 atom stereocenters. The highest BCUT2D eigenvalue weighted by Gasteiger charge is 2.05. The third kappa shape index (κ3) is 3.28. The van der Waals surface area contributed by atoms with Gasteiger partial charge in [-0.1, -0.05) is 17.8 Å². The Balaban J connectivity index is 2.10. The van der Waals surface area contributed by atoms with Gasteiger partial charge in [0.05, 0.1) is 0 Å². The van der Waals surface area contributed by atoms with Crippen molar-refractivity contribution in [3.05, 3.63) is 46.2 Å². The van der Waals surface area contributed by atoms with Crippen molar-refractivity contribution in [2.75, 3.05) is 0 Å². The lowest BCUT2D eigenvalue weighted by atomic mass is 10.1. The molecular formula is C12H13FN2S2. The Kier molecular flexibility index (Phi) is 4.15. The molecule has 0 saturated carbocycles. The van der Waals surface area contributed by atoms with Crippen LogP contribution in [-0.4, -0.2) is 4.98 Å². The molecule has 2 aromatic rings. The number of thiazole rings is 1. The van der Waals surface area contributed by atoms with E-state index in [-0.39, 0.29) is 5.82 Å². The van der Waals surface area contributed by atoms with Gasteiger partial charge in [-0.2, -0.15) is 0 Å². The fourth-order valence-electron chi connectivity index (χ4n) is 1.47. The summed E-state index contributed by atoms with van der Waals surface area (Å²) >= 11 is 3.23. The van der Waals surface area contributed by atoms with E-state index in [2.05, 4.69) is 4.98 Å². The van der Waals surface area contributed by atoms with E-state index in [1.165, 1.54) is 6.07 Å². The van der Waals surface area contributed by atoms with Crippen molar-refractivity contribution in [3.8, 4) is 0 Å². The predicted molar refractivity (Wildman–Crippen MR) is 70.7 cm³/mol. The molecule has 0 bridgehead atoms. The summed E-state index contributed by atoms with van der Waals surface area (Å²) in [5, 5.41) is 2.01. The van der Waals surface area contributed by atoms with E-state index in [1.807, 2.05) is 12.3 Å². The van der Waals surface area contributed by atoms with Gasteiger partial charge in [-0.3, -0.25) is 0 Å². The molecule has 0 aliphatic heterocycles. The second-order valence-electron chi connectivity index (χ2n) is 3.66. The van der Waals surface area contributed by atoms with Crippen LogP contribution in [-0.2, 0) is 12.3 Å². The van der Waals surface area contributed by atoms with Gasteiger partial charge in [0.2, 0.25) is 0 Å². The summed E-state index contributed by atoms with van der Waals surface area (Å²) in [5.74, 6) is 0.491. The molecule has 2 nitrogen and oxygen atoms in total. The van der Waals surface area contributed by atoms with Crippen LogP contribution in [0, 0.1) is 12.7 Å². The summed E-state index contributed by atoms with van der Waals surface area (Å²) in [7, 11) is 0. The van der Waals surface area contributed by atoms with E-state index in [4.69, 9.17) is 5.73 Å². The predicted octanol–water partition coefficient (Wildman–Crippen LogP) is 3.34. The first-order valence-electron chi connectivity index (χ1n) is 5.21. The van der Waals surface area contributed by atoms with Gasteiger partial charge in [-0.25, -0.2) is 9.37 Å². The Hall–Kier alpha value is -0.910. The standard InChI is InChI=1S/C12H13FN2S2/c1-8-6-16-12(15-8)17-7-10-4-11(13)3-2-9(10)5-14/h2-4,6H,5,7,14H2,1H3. The maximum atomic E-state index is 13.2. The zero-order chi connectivity index (χ0) is 12.3. The largest absolute Gasteiger partial charge is 0.326 e. The van der Waals surface area contributed by atoms with E-state index in [0.29, 0.717) is 12.3 Å². The van der Waals surface area contributed by atoms with E-state index in [9.17, 15) is 4.39 Å². The summed E-state index contributed by atoms with van der Waals surface area (Å²) in [6, 6.07) is 4.75. The van der Waals surface area contributed by atoms with Crippen molar-refractivity contribution in [1.82, 2.24) is 4.98 Å². The average molecular weight is 268 g/mol. The van der Waals surface area contributed by atoms with Crippen LogP contribution < -0.4 is 5.73 Å².